The lowest BCUT2D eigenvalue weighted by atomic mass is 10.1. The number of esters is 2. The molecule has 1 heterocycles. The van der Waals surface area contributed by atoms with Crippen LogP contribution in [0.5, 0.6) is 0 Å². The number of ether oxygens (including phenoxy) is 3. The Bertz CT molecular complexity index is 1350. The summed E-state index contributed by atoms with van der Waals surface area (Å²) in [7, 11) is -9.71. The third-order valence-corrected chi connectivity index (χ3v) is 11.5. The Balaban J connectivity index is 2.39. The zero-order valence-corrected chi connectivity index (χ0v) is 39.7. The van der Waals surface area contributed by atoms with Gasteiger partial charge in [-0.25, -0.2) is 9.13 Å². The summed E-state index contributed by atoms with van der Waals surface area (Å²) < 4.78 is 53.6. The molecule has 0 aromatic rings. The van der Waals surface area contributed by atoms with E-state index < -0.39 is 66.2 Å². The van der Waals surface area contributed by atoms with Crippen LogP contribution in [0.25, 0.3) is 0 Å². The Kier molecular flexibility index (Phi) is 35.9. The van der Waals surface area contributed by atoms with Crippen LogP contribution in [-0.2, 0) is 46.5 Å². The van der Waals surface area contributed by atoms with Crippen molar-refractivity contribution in [2.75, 3.05) is 26.4 Å². The Hall–Kier alpha value is -1.96. The molecular weight excluding hydrogens is 838 g/mol. The zero-order valence-electron chi connectivity index (χ0n) is 37.9. The van der Waals surface area contributed by atoms with Gasteiger partial charge in [-0.15, -0.1) is 0 Å². The maximum Gasteiger partial charge on any atom is 0.472 e. The second-order valence-corrected chi connectivity index (χ2v) is 18.8. The number of carbonyl (C=O) groups excluding carboxylic acids is 2. The van der Waals surface area contributed by atoms with Crippen molar-refractivity contribution in [1.29, 1.82) is 0 Å². The lowest BCUT2D eigenvalue weighted by Gasteiger charge is -2.20. The van der Waals surface area contributed by atoms with Crippen LogP contribution in [0.3, 0.4) is 0 Å². The highest BCUT2D eigenvalue weighted by Crippen LogP contribution is 2.44. The average molecular weight is 921 g/mol. The molecule has 0 bridgehead atoms. The van der Waals surface area contributed by atoms with Gasteiger partial charge < -0.3 is 34.0 Å². The molecule has 0 radical (unpaired) electrons. The summed E-state index contributed by atoms with van der Waals surface area (Å²) in [6, 6.07) is 0. The fourth-order valence-electron chi connectivity index (χ4n) is 6.43. The number of hydrogen-bond acceptors (Lipinski definition) is 11. The van der Waals surface area contributed by atoms with E-state index >= 15 is 0 Å². The summed E-state index contributed by atoms with van der Waals surface area (Å²) in [5.41, 5.74) is 0. The van der Waals surface area contributed by atoms with E-state index in [0.29, 0.717) is 19.3 Å². The molecule has 360 valence electrons. The molecule has 0 amide bonds. The van der Waals surface area contributed by atoms with Crippen molar-refractivity contribution in [1.82, 2.24) is 0 Å². The minimum Gasteiger partial charge on any atom is -0.462 e. The summed E-state index contributed by atoms with van der Waals surface area (Å²) in [5.74, 6) is -1.11. The molecule has 3 unspecified atom stereocenters. The number of hydrogen-bond donors (Lipinski definition) is 4. The van der Waals surface area contributed by atoms with Gasteiger partial charge in [-0.05, 0) is 77.0 Å². The van der Waals surface area contributed by atoms with Crippen LogP contribution in [0, 0.1) is 0 Å². The number of unbranched alkanes of at least 4 members (excludes halogenated alkanes) is 16. The minimum atomic E-state index is -4.87. The Morgan fingerprint density at radius 3 is 1.68 bits per heavy atom. The van der Waals surface area contributed by atoms with E-state index in [0.717, 1.165) is 57.8 Å². The van der Waals surface area contributed by atoms with E-state index in [2.05, 4.69) is 67.0 Å². The number of phosphoric acid groups is 2. The first-order valence-electron chi connectivity index (χ1n) is 23.5. The van der Waals surface area contributed by atoms with Gasteiger partial charge in [0.2, 0.25) is 0 Å². The lowest BCUT2D eigenvalue weighted by molar-refractivity contribution is -0.161. The van der Waals surface area contributed by atoms with Gasteiger partial charge in [0.1, 0.15) is 12.7 Å². The Morgan fingerprint density at radius 2 is 1.05 bits per heavy atom. The number of rotatable bonds is 43. The second-order valence-electron chi connectivity index (χ2n) is 16.1. The molecule has 0 aliphatic carbocycles. The molecule has 1 fully saturated rings. The second kappa shape index (κ2) is 38.3. The van der Waals surface area contributed by atoms with Crippen LogP contribution in [0.4, 0.5) is 0 Å². The zero-order chi connectivity index (χ0) is 45.6. The molecule has 0 aromatic heterocycles. The van der Waals surface area contributed by atoms with Crippen molar-refractivity contribution in [3.63, 3.8) is 0 Å². The molecule has 0 spiro atoms. The van der Waals surface area contributed by atoms with Gasteiger partial charge in [-0.3, -0.25) is 23.2 Å². The van der Waals surface area contributed by atoms with Crippen LogP contribution in [0.1, 0.15) is 181 Å². The van der Waals surface area contributed by atoms with E-state index in [4.69, 9.17) is 33.0 Å². The molecule has 1 saturated heterocycles. The third-order valence-electron chi connectivity index (χ3n) is 10.1. The number of aliphatic hydroxyl groups excluding tert-OH is 1. The normalized spacial score (nSPS) is 17.6. The SMILES string of the molecule is CCCCC/C=C\C/C=C\C/C=C\CC1OC1CCCC(=O)O[C@H](COC(=O)CCCCCCCCC/C=C\CCCCCCCC)COP(=O)(O)OC[C@@H](O)COP(=O)(O)O. The standard InChI is InChI=1S/C46H82O14P2/c1-3-5-7-9-11-13-15-17-18-19-20-21-23-25-27-29-31-35-45(48)55-39-42(40-58-62(53,54)57-38-41(47)37-56-61(50,51)52)59-46(49)36-32-34-44-43(60-44)33-30-28-26-24-22-16-14-12-10-8-6-4-2/h12,14,17-18,22,24,28,30,41-44,47H,3-11,13,15-16,19-21,23,25-27,29,31-40H2,1-2H3,(H,53,54)(H2,50,51,52)/b14-12-,18-17-,24-22-,30-28-/t41-,42+,43?,44?/m0/s1. The largest absolute Gasteiger partial charge is 0.472 e. The Morgan fingerprint density at radius 1 is 0.565 bits per heavy atom. The molecule has 0 aromatic carbocycles. The highest BCUT2D eigenvalue weighted by molar-refractivity contribution is 7.47. The first-order chi connectivity index (χ1) is 29.8. The summed E-state index contributed by atoms with van der Waals surface area (Å²) >= 11 is 0. The van der Waals surface area contributed by atoms with Crippen molar-refractivity contribution in [3.05, 3.63) is 48.6 Å². The average Bonchev–Trinajstić information content (AvgIpc) is 3.99. The number of carbonyl (C=O) groups is 2. The predicted molar refractivity (Wildman–Crippen MR) is 243 cm³/mol. The predicted octanol–water partition coefficient (Wildman–Crippen LogP) is 11.2. The molecule has 62 heavy (non-hydrogen) atoms. The van der Waals surface area contributed by atoms with Crippen molar-refractivity contribution < 1.29 is 66.3 Å². The van der Waals surface area contributed by atoms with Gasteiger partial charge >= 0.3 is 27.6 Å². The molecule has 0 saturated carbocycles. The maximum atomic E-state index is 12.8. The fourth-order valence-corrected chi connectivity index (χ4v) is 7.59. The van der Waals surface area contributed by atoms with Crippen molar-refractivity contribution in [3.8, 4) is 0 Å². The summed E-state index contributed by atoms with van der Waals surface area (Å²) in [6.07, 6.45) is 41.1. The molecule has 1 rings (SSSR count). The van der Waals surface area contributed by atoms with Crippen LogP contribution >= 0.6 is 15.6 Å². The number of aliphatic hydroxyl groups is 1. The molecular formula is C46H82O14P2. The van der Waals surface area contributed by atoms with Gasteiger partial charge in [0, 0.05) is 12.8 Å². The van der Waals surface area contributed by atoms with E-state index in [1.807, 2.05) is 0 Å². The number of phosphoric ester groups is 2. The highest BCUT2D eigenvalue weighted by Gasteiger charge is 2.37. The van der Waals surface area contributed by atoms with Gasteiger partial charge in [-0.1, -0.05) is 140 Å². The highest BCUT2D eigenvalue weighted by atomic mass is 31.2. The first kappa shape index (κ1) is 58.1. The van der Waals surface area contributed by atoms with Gasteiger partial charge in [0.15, 0.2) is 6.10 Å². The number of allylic oxidation sites excluding steroid dienone is 7. The van der Waals surface area contributed by atoms with Crippen molar-refractivity contribution in [2.24, 2.45) is 0 Å². The molecule has 14 nitrogen and oxygen atoms in total. The molecule has 16 heteroatoms. The van der Waals surface area contributed by atoms with Crippen molar-refractivity contribution >= 4 is 27.6 Å². The molecule has 1 aliphatic heterocycles. The van der Waals surface area contributed by atoms with Gasteiger partial charge in [0.25, 0.3) is 0 Å². The van der Waals surface area contributed by atoms with E-state index in [9.17, 15) is 28.7 Å². The van der Waals surface area contributed by atoms with Crippen LogP contribution < -0.4 is 0 Å². The lowest BCUT2D eigenvalue weighted by Crippen LogP contribution is -2.30. The monoisotopic (exact) mass is 921 g/mol. The van der Waals surface area contributed by atoms with E-state index in [-0.39, 0.29) is 25.0 Å². The summed E-state index contributed by atoms with van der Waals surface area (Å²) in [6.45, 7) is 1.65. The van der Waals surface area contributed by atoms with E-state index in [1.165, 1.54) is 77.0 Å². The van der Waals surface area contributed by atoms with Crippen LogP contribution in [-0.4, -0.2) is 82.6 Å². The summed E-state index contributed by atoms with van der Waals surface area (Å²) in [5, 5.41) is 9.77. The Labute approximate surface area is 373 Å². The van der Waals surface area contributed by atoms with Crippen molar-refractivity contribution in [2.45, 2.75) is 205 Å². The molecule has 1 aliphatic rings. The molecule has 4 N–H and O–H groups in total. The first-order valence-corrected chi connectivity index (χ1v) is 26.5. The van der Waals surface area contributed by atoms with Crippen LogP contribution in [0.15, 0.2) is 48.6 Å². The number of epoxide rings is 1. The summed E-state index contributed by atoms with van der Waals surface area (Å²) in [4.78, 5) is 52.9. The van der Waals surface area contributed by atoms with Gasteiger partial charge in [-0.2, -0.15) is 0 Å². The fraction of sp³-hybridized carbons (Fsp3) is 0.783. The van der Waals surface area contributed by atoms with Crippen LogP contribution in [0.2, 0.25) is 0 Å². The van der Waals surface area contributed by atoms with E-state index in [1.54, 1.807) is 0 Å². The smallest absolute Gasteiger partial charge is 0.462 e. The molecule has 5 atom stereocenters. The maximum absolute atomic E-state index is 12.8. The minimum absolute atomic E-state index is 0.0414. The quantitative estimate of drug-likeness (QED) is 0.0148. The topological polar surface area (TPSA) is 208 Å². The third kappa shape index (κ3) is 38.5. The van der Waals surface area contributed by atoms with Gasteiger partial charge in [0.05, 0.1) is 32.0 Å².